The highest BCUT2D eigenvalue weighted by molar-refractivity contribution is 9.10. The summed E-state index contributed by atoms with van der Waals surface area (Å²) in [6.45, 7) is -0.174. The van der Waals surface area contributed by atoms with E-state index in [-0.39, 0.29) is 11.5 Å². The van der Waals surface area contributed by atoms with E-state index >= 15 is 0 Å². The molecule has 0 atom stereocenters. The van der Waals surface area contributed by atoms with Crippen LogP contribution in [-0.4, -0.2) is 20.6 Å². The fourth-order valence-electron chi connectivity index (χ4n) is 1.79. The quantitative estimate of drug-likeness (QED) is 0.896. The fraction of sp³-hybridized carbons (Fsp3) is 0.143. The maximum absolute atomic E-state index is 12.9. The molecule has 2 rings (SSSR count). The van der Waals surface area contributed by atoms with Crippen LogP contribution in [0.25, 0.3) is 0 Å². The summed E-state index contributed by atoms with van der Waals surface area (Å²) in [5.41, 5.74) is 0.958. The van der Waals surface area contributed by atoms with Crippen molar-refractivity contribution in [3.63, 3.8) is 0 Å². The third-order valence-electron chi connectivity index (χ3n) is 3.01. The van der Waals surface area contributed by atoms with Crippen molar-refractivity contribution in [2.75, 3.05) is 11.4 Å². The summed E-state index contributed by atoms with van der Waals surface area (Å²) >= 11 is 3.20. The third-order valence-corrected chi connectivity index (χ3v) is 5.77. The normalized spacial score (nSPS) is 11.4. The molecule has 0 aliphatic rings. The van der Waals surface area contributed by atoms with E-state index in [1.165, 1.54) is 43.4 Å². The lowest BCUT2D eigenvalue weighted by molar-refractivity contribution is 0.281. The number of hydrogen-bond acceptors (Lipinski definition) is 3. The Balaban J connectivity index is 2.44. The predicted octanol–water partition coefficient (Wildman–Crippen LogP) is 2.91. The number of hydrogen-bond donors (Lipinski definition) is 1. The van der Waals surface area contributed by atoms with Gasteiger partial charge in [0.1, 0.15) is 10.7 Å². The van der Waals surface area contributed by atoms with Crippen LogP contribution < -0.4 is 4.31 Å². The second-order valence-corrected chi connectivity index (χ2v) is 7.16. The van der Waals surface area contributed by atoms with Gasteiger partial charge in [-0.15, -0.1) is 0 Å². The standard InChI is InChI=1S/C14H13BrFNO3S/c1-17(12-5-3-11(16)4-6-12)21(19,20)14-7-2-10(9-18)8-13(14)15/h2-8,18H,9H2,1H3. The van der Waals surface area contributed by atoms with E-state index in [0.29, 0.717) is 15.7 Å². The lowest BCUT2D eigenvalue weighted by atomic mass is 10.2. The Morgan fingerprint density at radius 3 is 2.33 bits per heavy atom. The number of benzene rings is 2. The van der Waals surface area contributed by atoms with E-state index in [2.05, 4.69) is 15.9 Å². The van der Waals surface area contributed by atoms with Gasteiger partial charge in [0, 0.05) is 11.5 Å². The maximum atomic E-state index is 12.9. The Hall–Kier alpha value is -1.44. The van der Waals surface area contributed by atoms with Crippen molar-refractivity contribution in [1.82, 2.24) is 0 Å². The zero-order valence-corrected chi connectivity index (χ0v) is 13.5. The van der Waals surface area contributed by atoms with Crippen LogP contribution in [0.5, 0.6) is 0 Å². The molecule has 0 aliphatic carbocycles. The molecule has 0 bridgehead atoms. The average molecular weight is 374 g/mol. The van der Waals surface area contributed by atoms with Crippen LogP contribution in [0.1, 0.15) is 5.56 Å². The van der Waals surface area contributed by atoms with Crippen LogP contribution >= 0.6 is 15.9 Å². The summed E-state index contributed by atoms with van der Waals surface area (Å²) in [5.74, 6) is -0.432. The lowest BCUT2D eigenvalue weighted by Crippen LogP contribution is -2.26. The molecule has 0 saturated carbocycles. The predicted molar refractivity (Wildman–Crippen MR) is 82.1 cm³/mol. The molecule has 2 aromatic rings. The van der Waals surface area contributed by atoms with Crippen LogP contribution in [0.4, 0.5) is 10.1 Å². The molecule has 0 radical (unpaired) electrons. The van der Waals surface area contributed by atoms with Gasteiger partial charge >= 0.3 is 0 Å². The van der Waals surface area contributed by atoms with Gasteiger partial charge in [-0.25, -0.2) is 12.8 Å². The summed E-state index contributed by atoms with van der Waals surface area (Å²) in [5, 5.41) is 9.05. The molecule has 2 aromatic carbocycles. The second kappa shape index (κ2) is 6.13. The number of rotatable bonds is 4. The van der Waals surface area contributed by atoms with E-state index in [9.17, 15) is 12.8 Å². The molecule has 4 nitrogen and oxygen atoms in total. The second-order valence-electron chi connectivity index (χ2n) is 4.37. The summed E-state index contributed by atoms with van der Waals surface area (Å²) in [4.78, 5) is 0.0755. The summed E-state index contributed by atoms with van der Waals surface area (Å²) < 4.78 is 39.5. The minimum atomic E-state index is -3.78. The van der Waals surface area contributed by atoms with Gasteiger partial charge in [0.25, 0.3) is 10.0 Å². The van der Waals surface area contributed by atoms with Crippen molar-refractivity contribution in [1.29, 1.82) is 0 Å². The Bertz CT molecular complexity index is 747. The van der Waals surface area contributed by atoms with Gasteiger partial charge in [-0.1, -0.05) is 6.07 Å². The largest absolute Gasteiger partial charge is 0.392 e. The number of aliphatic hydroxyl groups is 1. The molecule has 0 fully saturated rings. The third kappa shape index (κ3) is 3.25. The molecule has 21 heavy (non-hydrogen) atoms. The van der Waals surface area contributed by atoms with Crippen molar-refractivity contribution in [2.24, 2.45) is 0 Å². The number of anilines is 1. The molecular formula is C14H13BrFNO3S. The van der Waals surface area contributed by atoms with Gasteiger partial charge in [0.2, 0.25) is 0 Å². The van der Waals surface area contributed by atoms with E-state index in [1.807, 2.05) is 0 Å². The Morgan fingerprint density at radius 2 is 1.81 bits per heavy atom. The molecule has 112 valence electrons. The van der Waals surface area contributed by atoms with E-state index in [1.54, 1.807) is 6.07 Å². The van der Waals surface area contributed by atoms with Crippen LogP contribution in [-0.2, 0) is 16.6 Å². The molecule has 7 heteroatoms. The summed E-state index contributed by atoms with van der Waals surface area (Å²) in [6.07, 6.45) is 0. The highest BCUT2D eigenvalue weighted by Gasteiger charge is 2.24. The molecule has 0 spiro atoms. The number of sulfonamides is 1. The zero-order valence-electron chi connectivity index (χ0n) is 11.1. The van der Waals surface area contributed by atoms with Gasteiger partial charge in [-0.05, 0) is 57.9 Å². The average Bonchev–Trinajstić information content (AvgIpc) is 2.46. The van der Waals surface area contributed by atoms with Crippen molar-refractivity contribution in [3.8, 4) is 0 Å². The first-order valence-electron chi connectivity index (χ1n) is 6.00. The molecule has 0 amide bonds. The van der Waals surface area contributed by atoms with Crippen molar-refractivity contribution < 1.29 is 17.9 Å². The van der Waals surface area contributed by atoms with Crippen LogP contribution in [0, 0.1) is 5.82 Å². The highest BCUT2D eigenvalue weighted by Crippen LogP contribution is 2.28. The zero-order chi connectivity index (χ0) is 15.6. The minimum Gasteiger partial charge on any atom is -0.392 e. The first-order valence-corrected chi connectivity index (χ1v) is 8.23. The summed E-state index contributed by atoms with van der Waals surface area (Å²) in [6, 6.07) is 9.69. The minimum absolute atomic E-state index is 0.0755. The van der Waals surface area contributed by atoms with Gasteiger partial charge in [0.05, 0.1) is 12.3 Å². The first-order chi connectivity index (χ1) is 9.86. The number of nitrogens with zero attached hydrogens (tertiary/aromatic N) is 1. The molecule has 0 heterocycles. The van der Waals surface area contributed by atoms with Crippen LogP contribution in [0.3, 0.4) is 0 Å². The van der Waals surface area contributed by atoms with Crippen molar-refractivity contribution in [2.45, 2.75) is 11.5 Å². The Morgan fingerprint density at radius 1 is 1.19 bits per heavy atom. The molecule has 0 unspecified atom stereocenters. The molecule has 0 aromatic heterocycles. The Labute approximate surface area is 131 Å². The first kappa shape index (κ1) is 15.9. The van der Waals surface area contributed by atoms with E-state index in [0.717, 1.165) is 4.31 Å². The number of aliphatic hydroxyl groups excluding tert-OH is 1. The molecule has 0 aliphatic heterocycles. The van der Waals surface area contributed by atoms with Crippen molar-refractivity contribution >= 4 is 31.6 Å². The van der Waals surface area contributed by atoms with Gasteiger partial charge in [-0.2, -0.15) is 0 Å². The van der Waals surface area contributed by atoms with Gasteiger partial charge in [-0.3, -0.25) is 4.31 Å². The van der Waals surface area contributed by atoms with E-state index in [4.69, 9.17) is 5.11 Å². The number of halogens is 2. The highest BCUT2D eigenvalue weighted by atomic mass is 79.9. The van der Waals surface area contributed by atoms with Crippen LogP contribution in [0.15, 0.2) is 51.8 Å². The fourth-order valence-corrected chi connectivity index (χ4v) is 4.07. The summed E-state index contributed by atoms with van der Waals surface area (Å²) in [7, 11) is -2.38. The van der Waals surface area contributed by atoms with Gasteiger partial charge < -0.3 is 5.11 Å². The van der Waals surface area contributed by atoms with Crippen LogP contribution in [0.2, 0.25) is 0 Å². The molecular weight excluding hydrogens is 361 g/mol. The van der Waals surface area contributed by atoms with E-state index < -0.39 is 15.8 Å². The SMILES string of the molecule is CN(c1ccc(F)cc1)S(=O)(=O)c1ccc(CO)cc1Br. The Kier molecular flexibility index (Phi) is 4.65. The lowest BCUT2D eigenvalue weighted by Gasteiger charge is -2.20. The monoisotopic (exact) mass is 373 g/mol. The maximum Gasteiger partial charge on any atom is 0.265 e. The molecule has 1 N–H and O–H groups in total. The topological polar surface area (TPSA) is 57.6 Å². The molecule has 0 saturated heterocycles. The smallest absolute Gasteiger partial charge is 0.265 e. The van der Waals surface area contributed by atoms with Crippen molar-refractivity contribution in [3.05, 3.63) is 58.3 Å². The van der Waals surface area contributed by atoms with Gasteiger partial charge in [0.15, 0.2) is 0 Å².